The fraction of sp³-hybridized carbons (Fsp3) is 0.545. The van der Waals surface area contributed by atoms with E-state index in [0.717, 1.165) is 0 Å². The predicted molar refractivity (Wildman–Crippen MR) is 72.0 cm³/mol. The molecule has 1 atom stereocenters. The number of nitrogens with zero attached hydrogens (tertiary/aromatic N) is 6. The Hall–Kier alpha value is -2.45. The summed E-state index contributed by atoms with van der Waals surface area (Å²) in [6.45, 7) is 7.16. The Morgan fingerprint density at radius 3 is 2.85 bits per heavy atom. The highest BCUT2D eigenvalue weighted by molar-refractivity contribution is 5.88. The van der Waals surface area contributed by atoms with E-state index in [1.54, 1.807) is 15.6 Å². The van der Waals surface area contributed by atoms with Crippen molar-refractivity contribution in [1.82, 2.24) is 35.1 Å². The van der Waals surface area contributed by atoms with Crippen molar-refractivity contribution in [2.75, 3.05) is 5.32 Å². The molecule has 2 heterocycles. The first-order valence-corrected chi connectivity index (χ1v) is 6.49. The second-order valence-corrected chi connectivity index (χ2v) is 4.21. The van der Waals surface area contributed by atoms with Gasteiger partial charge in [-0.15, -0.1) is 5.10 Å². The third-order valence-corrected chi connectivity index (χ3v) is 2.78. The van der Waals surface area contributed by atoms with Crippen LogP contribution in [0.4, 0.5) is 10.6 Å². The minimum absolute atomic E-state index is 0.251. The molecule has 0 radical (unpaired) electrons. The molecule has 108 valence electrons. The molecular weight excluding hydrogens is 260 g/mol. The van der Waals surface area contributed by atoms with Gasteiger partial charge in [0.1, 0.15) is 12.2 Å². The minimum atomic E-state index is -0.355. The molecule has 0 saturated heterocycles. The SMILES string of the molecule is CCn1cc(NC(=O)N[C@@H](C)c2ncnn2CC)nn1. The molecule has 0 saturated carbocycles. The number of urea groups is 1. The van der Waals surface area contributed by atoms with Crippen molar-refractivity contribution in [3.8, 4) is 0 Å². The molecule has 9 nitrogen and oxygen atoms in total. The maximum Gasteiger partial charge on any atom is 0.321 e. The van der Waals surface area contributed by atoms with E-state index in [1.807, 2.05) is 20.8 Å². The smallest absolute Gasteiger partial charge is 0.321 e. The molecule has 0 aliphatic rings. The van der Waals surface area contributed by atoms with E-state index in [9.17, 15) is 4.79 Å². The number of hydrogen-bond acceptors (Lipinski definition) is 5. The van der Waals surface area contributed by atoms with E-state index in [0.29, 0.717) is 24.7 Å². The predicted octanol–water partition coefficient (Wildman–Crippen LogP) is 0.792. The van der Waals surface area contributed by atoms with Crippen LogP contribution in [0.15, 0.2) is 12.5 Å². The summed E-state index contributed by atoms with van der Waals surface area (Å²) < 4.78 is 3.37. The molecule has 9 heteroatoms. The number of anilines is 1. The first kappa shape index (κ1) is 14.0. The molecule has 2 aromatic heterocycles. The fourth-order valence-electron chi connectivity index (χ4n) is 1.78. The van der Waals surface area contributed by atoms with Crippen LogP contribution >= 0.6 is 0 Å². The van der Waals surface area contributed by atoms with Gasteiger partial charge in [0.05, 0.1) is 12.2 Å². The van der Waals surface area contributed by atoms with Crippen LogP contribution in [0, 0.1) is 0 Å². The van der Waals surface area contributed by atoms with Gasteiger partial charge in [-0.1, -0.05) is 5.21 Å². The maximum absolute atomic E-state index is 11.9. The average Bonchev–Trinajstić information content (AvgIpc) is 3.06. The van der Waals surface area contributed by atoms with E-state index >= 15 is 0 Å². The summed E-state index contributed by atoms with van der Waals surface area (Å²) in [5, 5.41) is 17.2. The molecular formula is C11H18N8O. The van der Waals surface area contributed by atoms with Crippen LogP contribution in [-0.4, -0.2) is 35.8 Å². The lowest BCUT2D eigenvalue weighted by molar-refractivity contribution is 0.248. The standard InChI is InChI=1S/C11H18N8O/c1-4-18-6-9(16-17-18)15-11(20)14-8(3)10-12-7-13-19(10)5-2/h6-8H,4-5H2,1-3H3,(H2,14,15,20)/t8-/m0/s1. The summed E-state index contributed by atoms with van der Waals surface area (Å²) in [5.74, 6) is 1.12. The van der Waals surface area contributed by atoms with E-state index in [-0.39, 0.29) is 12.1 Å². The van der Waals surface area contributed by atoms with E-state index in [4.69, 9.17) is 0 Å². The summed E-state index contributed by atoms with van der Waals surface area (Å²) in [6.07, 6.45) is 3.14. The molecule has 0 fully saturated rings. The van der Waals surface area contributed by atoms with Gasteiger partial charge >= 0.3 is 6.03 Å². The molecule has 2 amide bonds. The lowest BCUT2D eigenvalue weighted by atomic mass is 10.3. The van der Waals surface area contributed by atoms with Crippen LogP contribution < -0.4 is 10.6 Å². The van der Waals surface area contributed by atoms with Gasteiger partial charge in [-0.05, 0) is 20.8 Å². The van der Waals surface area contributed by atoms with Crippen LogP contribution in [0.25, 0.3) is 0 Å². The topological polar surface area (TPSA) is 103 Å². The lowest BCUT2D eigenvalue weighted by Gasteiger charge is -2.13. The normalized spacial score (nSPS) is 12.2. The van der Waals surface area contributed by atoms with Crippen molar-refractivity contribution in [2.24, 2.45) is 0 Å². The Labute approximate surface area is 116 Å². The van der Waals surface area contributed by atoms with Gasteiger partial charge in [0.2, 0.25) is 0 Å². The van der Waals surface area contributed by atoms with Crippen molar-refractivity contribution in [1.29, 1.82) is 0 Å². The average molecular weight is 278 g/mol. The van der Waals surface area contributed by atoms with Crippen LogP contribution in [0.2, 0.25) is 0 Å². The zero-order valence-electron chi connectivity index (χ0n) is 11.7. The van der Waals surface area contributed by atoms with E-state index in [2.05, 4.69) is 31.0 Å². The highest BCUT2D eigenvalue weighted by atomic mass is 16.2. The quantitative estimate of drug-likeness (QED) is 0.841. The number of aromatic nitrogens is 6. The van der Waals surface area contributed by atoms with Crippen molar-refractivity contribution in [3.63, 3.8) is 0 Å². The van der Waals surface area contributed by atoms with Crippen molar-refractivity contribution < 1.29 is 4.79 Å². The number of nitrogens with one attached hydrogen (secondary N) is 2. The van der Waals surface area contributed by atoms with Gasteiger partial charge in [0.25, 0.3) is 0 Å². The number of rotatable bonds is 5. The molecule has 0 spiro atoms. The van der Waals surface area contributed by atoms with Crippen molar-refractivity contribution >= 4 is 11.8 Å². The first-order chi connectivity index (χ1) is 9.63. The molecule has 2 N–H and O–H groups in total. The number of carbonyl (C=O) groups is 1. The van der Waals surface area contributed by atoms with Gasteiger partial charge in [-0.25, -0.2) is 14.5 Å². The highest BCUT2D eigenvalue weighted by Crippen LogP contribution is 2.08. The zero-order chi connectivity index (χ0) is 14.5. The Morgan fingerprint density at radius 2 is 2.20 bits per heavy atom. The van der Waals surface area contributed by atoms with Crippen LogP contribution in [0.5, 0.6) is 0 Å². The second kappa shape index (κ2) is 6.13. The maximum atomic E-state index is 11.9. The van der Waals surface area contributed by atoms with E-state index in [1.165, 1.54) is 6.33 Å². The zero-order valence-corrected chi connectivity index (χ0v) is 11.7. The van der Waals surface area contributed by atoms with E-state index < -0.39 is 0 Å². The van der Waals surface area contributed by atoms with Gasteiger partial charge in [0.15, 0.2) is 5.82 Å². The van der Waals surface area contributed by atoms with Gasteiger partial charge in [0, 0.05) is 13.1 Å². The van der Waals surface area contributed by atoms with Crippen LogP contribution in [-0.2, 0) is 13.1 Å². The summed E-state index contributed by atoms with van der Waals surface area (Å²) >= 11 is 0. The summed E-state index contributed by atoms with van der Waals surface area (Å²) in [4.78, 5) is 16.0. The number of carbonyl (C=O) groups excluding carboxylic acids is 1. The third-order valence-electron chi connectivity index (χ3n) is 2.78. The molecule has 20 heavy (non-hydrogen) atoms. The Balaban J connectivity index is 1.94. The Kier molecular flexibility index (Phi) is 4.28. The summed E-state index contributed by atoms with van der Waals surface area (Å²) in [5.41, 5.74) is 0. The van der Waals surface area contributed by atoms with Gasteiger partial charge in [-0.2, -0.15) is 5.10 Å². The number of hydrogen-bond donors (Lipinski definition) is 2. The molecule has 0 bridgehead atoms. The van der Waals surface area contributed by atoms with Crippen molar-refractivity contribution in [2.45, 2.75) is 39.9 Å². The first-order valence-electron chi connectivity index (χ1n) is 6.49. The molecule has 0 unspecified atom stereocenters. The summed E-state index contributed by atoms with van der Waals surface area (Å²) in [7, 11) is 0. The lowest BCUT2D eigenvalue weighted by Crippen LogP contribution is -2.32. The molecule has 0 aliphatic heterocycles. The molecule has 0 aromatic carbocycles. The Morgan fingerprint density at radius 1 is 1.40 bits per heavy atom. The van der Waals surface area contributed by atoms with Gasteiger partial charge in [-0.3, -0.25) is 10.00 Å². The monoisotopic (exact) mass is 278 g/mol. The Bertz CT molecular complexity index is 574. The molecule has 2 aromatic rings. The number of amides is 2. The summed E-state index contributed by atoms with van der Waals surface area (Å²) in [6, 6.07) is -0.607. The minimum Gasteiger partial charge on any atom is -0.328 e. The third kappa shape index (κ3) is 3.11. The van der Waals surface area contributed by atoms with Crippen molar-refractivity contribution in [3.05, 3.63) is 18.3 Å². The highest BCUT2D eigenvalue weighted by Gasteiger charge is 2.15. The largest absolute Gasteiger partial charge is 0.328 e. The van der Waals surface area contributed by atoms with Gasteiger partial charge < -0.3 is 5.32 Å². The fourth-order valence-corrected chi connectivity index (χ4v) is 1.78. The van der Waals surface area contributed by atoms with Crippen LogP contribution in [0.1, 0.15) is 32.6 Å². The van der Waals surface area contributed by atoms with Crippen LogP contribution in [0.3, 0.4) is 0 Å². The molecule has 2 rings (SSSR count). The number of aryl methyl sites for hydroxylation is 2. The molecule has 0 aliphatic carbocycles. The second-order valence-electron chi connectivity index (χ2n) is 4.21.